The molecule has 0 saturated heterocycles. The van der Waals surface area contributed by atoms with Gasteiger partial charge in [0.25, 0.3) is 0 Å². The molecule has 137 valence electrons. The SMILES string of the molecule is CC1=Cc2c(-c3ccc(C(C)(C)C)cc3)cccc2[CH]1[Ti+2][Si](C)C.[Cl-].[Cl-]. The van der Waals surface area contributed by atoms with Gasteiger partial charge < -0.3 is 24.8 Å². The van der Waals surface area contributed by atoms with Crippen molar-refractivity contribution in [1.82, 2.24) is 0 Å². The summed E-state index contributed by atoms with van der Waals surface area (Å²) in [6.07, 6.45) is 2.46. The van der Waals surface area contributed by atoms with Gasteiger partial charge in [0.2, 0.25) is 0 Å². The minimum atomic E-state index is -0.106. The van der Waals surface area contributed by atoms with Crippen LogP contribution in [0.25, 0.3) is 17.2 Å². The maximum absolute atomic E-state index is 2.48. The average molecular weight is 438 g/mol. The number of hydrogen-bond acceptors (Lipinski definition) is 0. The van der Waals surface area contributed by atoms with Gasteiger partial charge in [-0.15, -0.1) is 0 Å². The van der Waals surface area contributed by atoms with Crippen molar-refractivity contribution < 1.29 is 43.2 Å². The standard InChI is InChI=1S/C20H21.C2H6Si.2ClH.Ti/c1-14-12-16-6-5-7-18(19(16)13-14)15-8-10-17(11-9-15)20(2,3)4;1-3-2;;;/h5-13H,1-4H3;1-2H3;2*1H;/q;;;;+2/p-2. The molecule has 0 fully saturated rings. The Labute approximate surface area is 181 Å². The topological polar surface area (TPSA) is 0 Å². The molecule has 0 N–H and O–H groups in total. The van der Waals surface area contributed by atoms with Crippen LogP contribution in [0, 0.1) is 0 Å². The van der Waals surface area contributed by atoms with Crippen molar-refractivity contribution in [2.45, 2.75) is 50.4 Å². The van der Waals surface area contributed by atoms with Gasteiger partial charge in [-0.3, -0.25) is 0 Å². The summed E-state index contributed by atoms with van der Waals surface area (Å²) >= 11 is 0.115. The summed E-state index contributed by atoms with van der Waals surface area (Å²) < 4.78 is 0.762. The van der Waals surface area contributed by atoms with Crippen molar-refractivity contribution in [2.75, 3.05) is 0 Å². The second kappa shape index (κ2) is 9.26. The first kappa shape index (κ1) is 23.7. The minimum absolute atomic E-state index is 0. The summed E-state index contributed by atoms with van der Waals surface area (Å²) in [6.45, 7) is 14.0. The molecule has 2 aromatic carbocycles. The normalized spacial score (nSPS) is 15.5. The quantitative estimate of drug-likeness (QED) is 0.611. The molecule has 1 atom stereocenters. The molecule has 0 aliphatic heterocycles. The molecular weight excluding hydrogens is 411 g/mol. The van der Waals surface area contributed by atoms with E-state index in [-0.39, 0.29) is 55.3 Å². The molecule has 0 aromatic heterocycles. The van der Waals surface area contributed by atoms with Crippen LogP contribution in [0.15, 0.2) is 48.0 Å². The molecule has 0 spiro atoms. The zero-order chi connectivity index (χ0) is 17.5. The van der Waals surface area contributed by atoms with E-state index in [1.54, 1.807) is 11.1 Å². The van der Waals surface area contributed by atoms with Crippen molar-refractivity contribution in [3.63, 3.8) is 0 Å². The van der Waals surface area contributed by atoms with Gasteiger partial charge in [0.15, 0.2) is 0 Å². The van der Waals surface area contributed by atoms with Gasteiger partial charge in [0.05, 0.1) is 0 Å². The fraction of sp³-hybridized carbons (Fsp3) is 0.364. The summed E-state index contributed by atoms with van der Waals surface area (Å²) in [5.41, 5.74) is 9.04. The Bertz CT molecular complexity index is 774. The van der Waals surface area contributed by atoms with E-state index >= 15 is 0 Å². The molecule has 0 heterocycles. The van der Waals surface area contributed by atoms with E-state index in [1.807, 2.05) is 0 Å². The monoisotopic (exact) mass is 437 g/mol. The second-order valence-electron chi connectivity index (χ2n) is 8.10. The zero-order valence-corrected chi connectivity index (χ0v) is 20.5. The molecule has 0 amide bonds. The number of halogens is 2. The van der Waals surface area contributed by atoms with Crippen LogP contribution in [0.5, 0.6) is 0 Å². The third-order valence-electron chi connectivity index (χ3n) is 4.77. The van der Waals surface area contributed by atoms with Gasteiger partial charge >= 0.3 is 157 Å². The summed E-state index contributed by atoms with van der Waals surface area (Å²) in [6, 6.07) is 16.1. The number of rotatable bonds is 3. The first-order chi connectivity index (χ1) is 11.3. The van der Waals surface area contributed by atoms with Crippen molar-refractivity contribution in [3.8, 4) is 11.1 Å². The summed E-state index contributed by atoms with van der Waals surface area (Å²) in [7, 11) is 0. The van der Waals surface area contributed by atoms with Crippen molar-refractivity contribution >= 4 is 12.7 Å². The Morgan fingerprint density at radius 3 is 2.08 bits per heavy atom. The number of hydrogen-bond donors (Lipinski definition) is 0. The van der Waals surface area contributed by atoms with E-state index in [4.69, 9.17) is 0 Å². The second-order valence-corrected chi connectivity index (χ2v) is 17.3. The van der Waals surface area contributed by atoms with Crippen molar-refractivity contribution in [1.29, 1.82) is 0 Å². The van der Waals surface area contributed by atoms with Gasteiger partial charge in [-0.05, 0) is 0 Å². The van der Waals surface area contributed by atoms with Crippen molar-refractivity contribution in [3.05, 3.63) is 64.7 Å². The minimum Gasteiger partial charge on any atom is -1.00 e. The van der Waals surface area contributed by atoms with E-state index < -0.39 is 0 Å². The van der Waals surface area contributed by atoms with Gasteiger partial charge in [0.1, 0.15) is 0 Å². The van der Waals surface area contributed by atoms with E-state index in [2.05, 4.69) is 89.3 Å². The predicted octanol–water partition coefficient (Wildman–Crippen LogP) is 0.451. The number of allylic oxidation sites excluding steroid dienone is 1. The smallest absolute Gasteiger partial charge is 1.00 e. The van der Waals surface area contributed by atoms with Gasteiger partial charge in [0, 0.05) is 0 Å². The Balaban J connectivity index is 0.00000169. The third kappa shape index (κ3) is 4.94. The summed E-state index contributed by atoms with van der Waals surface area (Å²) in [5.74, 6) is 0. The Morgan fingerprint density at radius 2 is 1.54 bits per heavy atom. The number of benzene rings is 2. The molecule has 4 heteroatoms. The summed E-state index contributed by atoms with van der Waals surface area (Å²) in [5, 5.41) is 0. The molecule has 1 unspecified atom stereocenters. The largest absolute Gasteiger partial charge is 1.00 e. The van der Waals surface area contributed by atoms with Gasteiger partial charge in [-0.1, -0.05) is 0 Å². The van der Waals surface area contributed by atoms with Crippen LogP contribution in [0.1, 0.15) is 48.6 Å². The molecule has 0 nitrogen and oxygen atoms in total. The Kier molecular flexibility index (Phi) is 8.45. The van der Waals surface area contributed by atoms with Crippen LogP contribution < -0.4 is 24.8 Å². The molecule has 2 aromatic rings. The fourth-order valence-electron chi connectivity index (χ4n) is 3.43. The van der Waals surface area contributed by atoms with E-state index in [9.17, 15) is 0 Å². The van der Waals surface area contributed by atoms with Crippen LogP contribution in [-0.2, 0) is 23.8 Å². The molecule has 1 aliphatic rings. The van der Waals surface area contributed by atoms with Crippen LogP contribution >= 0.6 is 0 Å². The van der Waals surface area contributed by atoms with Crippen LogP contribution in [0.2, 0.25) is 13.1 Å². The molecule has 3 rings (SSSR count). The summed E-state index contributed by atoms with van der Waals surface area (Å²) in [4.78, 5) is 0. The molecule has 0 saturated carbocycles. The van der Waals surface area contributed by atoms with Crippen LogP contribution in [0.4, 0.5) is 0 Å². The molecule has 0 bridgehead atoms. The predicted molar refractivity (Wildman–Crippen MR) is 104 cm³/mol. The molecule has 26 heavy (non-hydrogen) atoms. The van der Waals surface area contributed by atoms with E-state index in [0.717, 1.165) is 4.22 Å². The first-order valence-electron chi connectivity index (χ1n) is 8.76. The fourth-order valence-corrected chi connectivity index (χ4v) is 9.42. The molecular formula is C22H27Cl2SiTi. The first-order valence-corrected chi connectivity index (χ1v) is 14.5. The molecule has 1 aliphatic carbocycles. The zero-order valence-electron chi connectivity index (χ0n) is 16.5. The maximum Gasteiger partial charge on any atom is -1.00 e. The van der Waals surface area contributed by atoms with Gasteiger partial charge in [-0.2, -0.15) is 0 Å². The Morgan fingerprint density at radius 1 is 0.923 bits per heavy atom. The third-order valence-corrected chi connectivity index (χ3v) is 10.9. The van der Waals surface area contributed by atoms with Crippen LogP contribution in [-0.4, -0.2) is 6.66 Å². The van der Waals surface area contributed by atoms with Crippen molar-refractivity contribution in [2.24, 2.45) is 0 Å². The Hall–Kier alpha value is -0.309. The average Bonchev–Trinajstić information content (AvgIpc) is 2.82. The molecule has 1 radical (unpaired) electrons. The van der Waals surface area contributed by atoms with Crippen LogP contribution in [0.3, 0.4) is 0 Å². The maximum atomic E-state index is 2.48. The van der Waals surface area contributed by atoms with E-state index in [1.165, 1.54) is 22.3 Å². The number of fused-ring (bicyclic) bond motifs is 1. The van der Waals surface area contributed by atoms with E-state index in [0.29, 0.717) is 0 Å². The van der Waals surface area contributed by atoms with Gasteiger partial charge in [-0.25, -0.2) is 0 Å².